The number of amides is 2. The molecule has 5 rings (SSSR count). The van der Waals surface area contributed by atoms with Crippen molar-refractivity contribution >= 4 is 35.4 Å². The summed E-state index contributed by atoms with van der Waals surface area (Å²) in [5.41, 5.74) is -0.513. The molecule has 0 aliphatic carbocycles. The van der Waals surface area contributed by atoms with Crippen LogP contribution in [0.25, 0.3) is 0 Å². The summed E-state index contributed by atoms with van der Waals surface area (Å²) in [4.78, 5) is 30.5. The van der Waals surface area contributed by atoms with E-state index in [1.54, 1.807) is 24.9 Å². The molecule has 3 aromatic carbocycles. The molecule has 3 N–H and O–H groups in total. The number of benzene rings is 3. The second kappa shape index (κ2) is 12.3. The van der Waals surface area contributed by atoms with Gasteiger partial charge in [0.1, 0.15) is 12.0 Å². The highest BCUT2D eigenvalue weighted by atomic mass is 19.4. The number of nitrogens with one attached hydrogen (secondary N) is 3. The molecule has 8 nitrogen and oxygen atoms in total. The number of hydrogen-bond donors (Lipinski definition) is 3. The third-order valence-electron chi connectivity index (χ3n) is 7.69. The van der Waals surface area contributed by atoms with E-state index in [0.717, 1.165) is 5.56 Å². The van der Waals surface area contributed by atoms with Crippen LogP contribution >= 0.6 is 0 Å². The predicted octanol–water partition coefficient (Wildman–Crippen LogP) is 7.14. The maximum Gasteiger partial charge on any atom is 0.416 e. The van der Waals surface area contributed by atoms with Crippen molar-refractivity contribution in [3.05, 3.63) is 106 Å². The first-order valence-corrected chi connectivity index (χ1v) is 14.0. The third-order valence-corrected chi connectivity index (χ3v) is 7.69. The monoisotopic (exact) mass is 642 g/mol. The molecule has 0 fully saturated rings. The Labute approximate surface area is 259 Å². The largest absolute Gasteiger partial charge is 0.416 e. The molecule has 2 atom stereocenters. The van der Waals surface area contributed by atoms with Crippen molar-refractivity contribution < 1.29 is 35.9 Å². The van der Waals surface area contributed by atoms with Gasteiger partial charge in [0.15, 0.2) is 5.84 Å². The Bertz CT molecular complexity index is 1730. The normalized spacial score (nSPS) is 16.9. The van der Waals surface area contributed by atoms with Gasteiger partial charge in [0.05, 0.1) is 29.6 Å². The highest BCUT2D eigenvalue weighted by Gasteiger charge is 2.39. The number of fused-ring (bicyclic) bond motifs is 1. The number of rotatable bonds is 6. The van der Waals surface area contributed by atoms with E-state index in [0.29, 0.717) is 40.5 Å². The standard InChI is InChI=1S/C32H28F6N6O2/c1-17-9-10-24(42-29(45)21-11-22(31(33,34)35)13-23(12-21)32(36,37)38)14-26(17)43-28-27-18(2)25(15-44(27)40-16-39-28)30(46)41-19(3)20-7-5-4-6-8-20/h4-14,16,19,25H,15H2,1-3H3,(H,41,46)(H,42,45)(H,39,40,43)/t19-,25?/m0/s1. The van der Waals surface area contributed by atoms with Crippen LogP contribution in [0.2, 0.25) is 0 Å². The molecule has 2 heterocycles. The quantitative estimate of drug-likeness (QED) is 0.249. The molecule has 0 bridgehead atoms. The Morgan fingerprint density at radius 3 is 2.20 bits per heavy atom. The van der Waals surface area contributed by atoms with Crippen molar-refractivity contribution in [1.29, 1.82) is 0 Å². The van der Waals surface area contributed by atoms with E-state index in [-0.39, 0.29) is 30.2 Å². The fourth-order valence-corrected chi connectivity index (χ4v) is 5.15. The number of halogens is 6. The number of aliphatic imine (C=N–C) groups is 1. The average molecular weight is 643 g/mol. The molecule has 2 aliphatic rings. The summed E-state index contributed by atoms with van der Waals surface area (Å²) in [6.07, 6.45) is -8.87. The summed E-state index contributed by atoms with van der Waals surface area (Å²) < 4.78 is 79.8. The fourth-order valence-electron chi connectivity index (χ4n) is 5.15. The van der Waals surface area contributed by atoms with Crippen LogP contribution in [0.4, 0.5) is 37.7 Å². The SMILES string of the molecule is CC1=C2C(Nc3cc(NC(=O)c4cc(C(F)(F)F)cc(C(F)(F)F)c4)ccc3C)=NC=NN2CC1C(=O)N[C@@H](C)c1ccccc1. The first-order chi connectivity index (χ1) is 21.6. The maximum absolute atomic E-state index is 13.3. The molecule has 3 aromatic rings. The number of hydrogen-bond acceptors (Lipinski definition) is 6. The second-order valence-electron chi connectivity index (χ2n) is 10.9. The molecule has 0 aromatic heterocycles. The number of carbonyl (C=O) groups excluding carboxylic acids is 2. The summed E-state index contributed by atoms with van der Waals surface area (Å²) in [5, 5.41) is 14.5. The van der Waals surface area contributed by atoms with E-state index >= 15 is 0 Å². The number of carbonyl (C=O) groups is 2. The van der Waals surface area contributed by atoms with Crippen LogP contribution in [-0.2, 0) is 17.1 Å². The smallest absolute Gasteiger partial charge is 0.349 e. The van der Waals surface area contributed by atoms with Gasteiger partial charge in [-0.15, -0.1) is 0 Å². The summed E-state index contributed by atoms with van der Waals surface area (Å²) in [6.45, 7) is 5.72. The van der Waals surface area contributed by atoms with Crippen LogP contribution < -0.4 is 16.0 Å². The lowest BCUT2D eigenvalue weighted by Gasteiger charge is -2.23. The van der Waals surface area contributed by atoms with E-state index < -0.39 is 40.9 Å². The van der Waals surface area contributed by atoms with Crippen molar-refractivity contribution in [2.45, 2.75) is 39.2 Å². The molecule has 2 amide bonds. The number of aryl methyl sites for hydroxylation is 1. The van der Waals surface area contributed by atoms with E-state index in [1.807, 2.05) is 37.3 Å². The molecule has 14 heteroatoms. The lowest BCUT2D eigenvalue weighted by molar-refractivity contribution is -0.143. The minimum Gasteiger partial charge on any atom is -0.349 e. The molecule has 2 aliphatic heterocycles. The number of anilines is 2. The number of amidine groups is 1. The Morgan fingerprint density at radius 1 is 0.913 bits per heavy atom. The Hall–Kier alpha value is -5.14. The molecule has 0 radical (unpaired) electrons. The van der Waals surface area contributed by atoms with Gasteiger partial charge >= 0.3 is 12.4 Å². The lowest BCUT2D eigenvalue weighted by Crippen LogP contribution is -2.35. The van der Waals surface area contributed by atoms with E-state index in [9.17, 15) is 35.9 Å². The summed E-state index contributed by atoms with van der Waals surface area (Å²) in [7, 11) is 0. The zero-order chi connectivity index (χ0) is 33.4. The third kappa shape index (κ3) is 6.90. The maximum atomic E-state index is 13.3. The summed E-state index contributed by atoms with van der Waals surface area (Å²) in [6, 6.07) is 14.5. The zero-order valence-corrected chi connectivity index (χ0v) is 24.7. The Balaban J connectivity index is 1.35. The minimum absolute atomic E-state index is 0.0417. The number of nitrogens with zero attached hydrogens (tertiary/aromatic N) is 3. The Morgan fingerprint density at radius 2 is 1.57 bits per heavy atom. The molecule has 0 saturated heterocycles. The molecular formula is C32H28F6N6O2. The highest BCUT2D eigenvalue weighted by molar-refractivity contribution is 6.13. The van der Waals surface area contributed by atoms with Gasteiger partial charge in [0, 0.05) is 16.9 Å². The number of hydrazone groups is 1. The lowest BCUT2D eigenvalue weighted by atomic mass is 10.00. The first-order valence-electron chi connectivity index (χ1n) is 14.0. The summed E-state index contributed by atoms with van der Waals surface area (Å²) >= 11 is 0. The highest BCUT2D eigenvalue weighted by Crippen LogP contribution is 2.37. The molecule has 46 heavy (non-hydrogen) atoms. The van der Waals surface area contributed by atoms with Crippen molar-refractivity contribution in [3.63, 3.8) is 0 Å². The van der Waals surface area contributed by atoms with Crippen molar-refractivity contribution in [1.82, 2.24) is 10.3 Å². The molecule has 1 unspecified atom stereocenters. The van der Waals surface area contributed by atoms with Crippen LogP contribution in [0.3, 0.4) is 0 Å². The predicted molar refractivity (Wildman–Crippen MR) is 161 cm³/mol. The number of alkyl halides is 6. The second-order valence-corrected chi connectivity index (χ2v) is 10.9. The topological polar surface area (TPSA) is 98.2 Å². The van der Waals surface area contributed by atoms with Crippen LogP contribution in [0.5, 0.6) is 0 Å². The van der Waals surface area contributed by atoms with Crippen molar-refractivity contribution in [2.24, 2.45) is 16.0 Å². The van der Waals surface area contributed by atoms with E-state index in [1.165, 1.54) is 18.5 Å². The van der Waals surface area contributed by atoms with E-state index in [2.05, 4.69) is 26.0 Å². The van der Waals surface area contributed by atoms with Crippen LogP contribution in [-0.4, -0.2) is 35.5 Å². The van der Waals surface area contributed by atoms with Gasteiger partial charge < -0.3 is 16.0 Å². The Kier molecular flexibility index (Phi) is 8.65. The van der Waals surface area contributed by atoms with Crippen molar-refractivity contribution in [3.8, 4) is 0 Å². The van der Waals surface area contributed by atoms with E-state index in [4.69, 9.17) is 0 Å². The minimum atomic E-state index is -5.10. The summed E-state index contributed by atoms with van der Waals surface area (Å²) in [5.74, 6) is -1.51. The molecule has 240 valence electrons. The zero-order valence-electron chi connectivity index (χ0n) is 24.7. The van der Waals surface area contributed by atoms with Gasteiger partial charge in [0.2, 0.25) is 5.91 Å². The van der Waals surface area contributed by atoms with Gasteiger partial charge in [-0.3, -0.25) is 14.6 Å². The fraction of sp³-hybridized carbons (Fsp3) is 0.250. The van der Waals surface area contributed by atoms with Gasteiger partial charge in [-0.1, -0.05) is 36.4 Å². The average Bonchev–Trinajstić information content (AvgIpc) is 3.35. The molecular weight excluding hydrogens is 614 g/mol. The van der Waals surface area contributed by atoms with Crippen LogP contribution in [0, 0.1) is 12.8 Å². The van der Waals surface area contributed by atoms with Gasteiger partial charge in [-0.25, -0.2) is 4.99 Å². The molecule has 0 spiro atoms. The molecule has 0 saturated carbocycles. The van der Waals surface area contributed by atoms with Gasteiger partial charge in [0.25, 0.3) is 5.91 Å². The van der Waals surface area contributed by atoms with Gasteiger partial charge in [-0.05, 0) is 67.8 Å². The van der Waals surface area contributed by atoms with Gasteiger partial charge in [-0.2, -0.15) is 31.4 Å². The first kappa shape index (κ1) is 32.3. The van der Waals surface area contributed by atoms with Crippen LogP contribution in [0.1, 0.15) is 52.5 Å². The van der Waals surface area contributed by atoms with Crippen molar-refractivity contribution in [2.75, 3.05) is 17.2 Å². The van der Waals surface area contributed by atoms with Crippen LogP contribution in [0.15, 0.2) is 88.1 Å².